The van der Waals surface area contributed by atoms with E-state index in [1.165, 1.54) is 24.0 Å². The Morgan fingerprint density at radius 2 is 1.71 bits per heavy atom. The molecule has 3 aliphatic rings. The molecule has 2 atom stereocenters. The Kier molecular flexibility index (Phi) is 6.83. The van der Waals surface area contributed by atoms with Crippen molar-refractivity contribution in [2.75, 3.05) is 13.7 Å². The molecule has 0 radical (unpaired) electrons. The van der Waals surface area contributed by atoms with Crippen LogP contribution in [0.15, 0.2) is 48.5 Å². The van der Waals surface area contributed by atoms with Crippen molar-refractivity contribution in [1.29, 1.82) is 0 Å². The summed E-state index contributed by atoms with van der Waals surface area (Å²) < 4.78 is 5.31. The molecule has 2 aliphatic heterocycles. The summed E-state index contributed by atoms with van der Waals surface area (Å²) in [5.41, 5.74) is 2.55. The van der Waals surface area contributed by atoms with Gasteiger partial charge in [0.25, 0.3) is 0 Å². The third-order valence-corrected chi connectivity index (χ3v) is 8.18. The summed E-state index contributed by atoms with van der Waals surface area (Å²) in [6.07, 6.45) is 7.51. The maximum Gasteiger partial charge on any atom is 0.247 e. The zero-order chi connectivity index (χ0) is 24.4. The maximum atomic E-state index is 14.0. The van der Waals surface area contributed by atoms with E-state index in [0.717, 1.165) is 37.0 Å². The van der Waals surface area contributed by atoms with Gasteiger partial charge in [-0.3, -0.25) is 14.5 Å². The molecule has 1 aliphatic carbocycles. The van der Waals surface area contributed by atoms with Crippen LogP contribution in [0.3, 0.4) is 0 Å². The van der Waals surface area contributed by atoms with Crippen molar-refractivity contribution < 1.29 is 14.3 Å². The molecule has 0 aromatic heterocycles. The molecule has 6 nitrogen and oxygen atoms in total. The lowest BCUT2D eigenvalue weighted by molar-refractivity contribution is -0.163. The normalized spacial score (nSPS) is 25.4. The highest BCUT2D eigenvalue weighted by Crippen LogP contribution is 2.35. The lowest BCUT2D eigenvalue weighted by Gasteiger charge is -2.52. The number of piperazine rings is 1. The number of carbonyl (C=O) groups excluding carboxylic acids is 2. The summed E-state index contributed by atoms with van der Waals surface area (Å²) in [5, 5.41) is 3.36. The predicted octanol–water partition coefficient (Wildman–Crippen LogP) is 4.06. The van der Waals surface area contributed by atoms with E-state index in [9.17, 15) is 9.59 Å². The largest absolute Gasteiger partial charge is 0.497 e. The van der Waals surface area contributed by atoms with Gasteiger partial charge < -0.3 is 15.0 Å². The Labute approximate surface area is 208 Å². The monoisotopic (exact) mass is 475 g/mol. The number of carbonyl (C=O) groups is 2. The van der Waals surface area contributed by atoms with Crippen LogP contribution in [0.1, 0.15) is 62.1 Å². The molecular formula is C29H37N3O3. The standard InChI is InChI=1S/C29H37N3O3/c1-29(28(34)30-24-11-5-3-4-6-12-24)20-31-19-23-10-8-7-9-22(23)17-26(31)27(33)32(29)18-21-13-15-25(35-2)16-14-21/h7-10,13-16,24,26H,3-6,11-12,17-20H2,1-2H3,(H,30,34). The van der Waals surface area contributed by atoms with Crippen molar-refractivity contribution in [3.63, 3.8) is 0 Å². The van der Waals surface area contributed by atoms with Gasteiger partial charge in [-0.1, -0.05) is 62.1 Å². The second-order valence-corrected chi connectivity index (χ2v) is 10.6. The van der Waals surface area contributed by atoms with Crippen molar-refractivity contribution in [3.05, 3.63) is 65.2 Å². The summed E-state index contributed by atoms with van der Waals surface area (Å²) >= 11 is 0. The number of hydrogen-bond acceptors (Lipinski definition) is 4. The molecule has 0 spiro atoms. The Bertz CT molecular complexity index is 1060. The van der Waals surface area contributed by atoms with Crippen molar-refractivity contribution in [3.8, 4) is 5.75 Å². The molecule has 5 rings (SSSR count). The van der Waals surface area contributed by atoms with Gasteiger partial charge in [-0.15, -0.1) is 0 Å². The van der Waals surface area contributed by atoms with Gasteiger partial charge in [0.15, 0.2) is 0 Å². The molecule has 2 amide bonds. The minimum absolute atomic E-state index is 0.0245. The zero-order valence-electron chi connectivity index (χ0n) is 21.0. The Balaban J connectivity index is 1.44. The molecule has 1 saturated carbocycles. The van der Waals surface area contributed by atoms with Crippen LogP contribution in [0.2, 0.25) is 0 Å². The van der Waals surface area contributed by atoms with Crippen LogP contribution >= 0.6 is 0 Å². The number of amides is 2. The third kappa shape index (κ3) is 4.81. The number of benzene rings is 2. The fraction of sp³-hybridized carbons (Fsp3) is 0.517. The van der Waals surface area contributed by atoms with Gasteiger partial charge in [0, 0.05) is 25.7 Å². The number of methoxy groups -OCH3 is 1. The van der Waals surface area contributed by atoms with E-state index in [0.29, 0.717) is 26.1 Å². The van der Waals surface area contributed by atoms with Crippen LogP contribution in [0.5, 0.6) is 5.75 Å². The molecule has 6 heteroatoms. The van der Waals surface area contributed by atoms with Crippen LogP contribution in [0.4, 0.5) is 0 Å². The number of nitrogens with one attached hydrogen (secondary N) is 1. The Morgan fingerprint density at radius 1 is 1.03 bits per heavy atom. The van der Waals surface area contributed by atoms with Gasteiger partial charge in [0.05, 0.1) is 13.2 Å². The van der Waals surface area contributed by atoms with Crippen LogP contribution in [0.25, 0.3) is 0 Å². The average molecular weight is 476 g/mol. The van der Waals surface area contributed by atoms with E-state index in [-0.39, 0.29) is 23.9 Å². The summed E-state index contributed by atoms with van der Waals surface area (Å²) in [5.74, 6) is 0.798. The molecule has 0 bridgehead atoms. The SMILES string of the molecule is COc1ccc(CN2C(=O)C3Cc4ccccc4CN3CC2(C)C(=O)NC2CCCCCC2)cc1. The van der Waals surface area contributed by atoms with E-state index >= 15 is 0 Å². The number of ether oxygens (including phenoxy) is 1. The number of nitrogens with zero attached hydrogens (tertiary/aromatic N) is 2. The van der Waals surface area contributed by atoms with Gasteiger partial charge in [-0.25, -0.2) is 0 Å². The highest BCUT2D eigenvalue weighted by molar-refractivity contribution is 5.95. The fourth-order valence-electron chi connectivity index (χ4n) is 6.02. The van der Waals surface area contributed by atoms with Crippen molar-refractivity contribution >= 4 is 11.8 Å². The van der Waals surface area contributed by atoms with Crippen LogP contribution in [0, 0.1) is 0 Å². The minimum Gasteiger partial charge on any atom is -0.497 e. The first kappa shape index (κ1) is 23.9. The first-order valence-corrected chi connectivity index (χ1v) is 13.0. The van der Waals surface area contributed by atoms with E-state index in [4.69, 9.17) is 4.74 Å². The molecule has 1 N–H and O–H groups in total. The number of fused-ring (bicyclic) bond motifs is 2. The lowest BCUT2D eigenvalue weighted by atomic mass is 9.84. The topological polar surface area (TPSA) is 61.9 Å². The molecule has 186 valence electrons. The lowest BCUT2D eigenvalue weighted by Crippen LogP contribution is -2.72. The molecule has 2 aromatic carbocycles. The number of hydrogen-bond donors (Lipinski definition) is 1. The van der Waals surface area contributed by atoms with Crippen LogP contribution in [-0.4, -0.2) is 52.9 Å². The van der Waals surface area contributed by atoms with Crippen LogP contribution in [-0.2, 0) is 29.1 Å². The van der Waals surface area contributed by atoms with Gasteiger partial charge in [0.2, 0.25) is 11.8 Å². The molecular weight excluding hydrogens is 438 g/mol. The fourth-order valence-corrected chi connectivity index (χ4v) is 6.02. The summed E-state index contributed by atoms with van der Waals surface area (Å²) in [4.78, 5) is 32.0. The van der Waals surface area contributed by atoms with Crippen LogP contribution < -0.4 is 10.1 Å². The van der Waals surface area contributed by atoms with Gasteiger partial charge in [-0.05, 0) is 55.0 Å². The maximum absolute atomic E-state index is 14.0. The minimum atomic E-state index is -0.938. The summed E-state index contributed by atoms with van der Waals surface area (Å²) in [7, 11) is 1.65. The third-order valence-electron chi connectivity index (χ3n) is 8.18. The molecule has 2 unspecified atom stereocenters. The highest BCUT2D eigenvalue weighted by atomic mass is 16.5. The van der Waals surface area contributed by atoms with E-state index in [1.807, 2.05) is 42.2 Å². The molecule has 35 heavy (non-hydrogen) atoms. The summed E-state index contributed by atoms with van der Waals surface area (Å²) in [6, 6.07) is 16.1. The molecule has 2 fully saturated rings. The summed E-state index contributed by atoms with van der Waals surface area (Å²) in [6.45, 7) is 3.60. The molecule has 2 aromatic rings. The van der Waals surface area contributed by atoms with E-state index < -0.39 is 5.54 Å². The second kappa shape index (κ2) is 10.0. The molecule has 1 saturated heterocycles. The first-order valence-electron chi connectivity index (χ1n) is 13.0. The zero-order valence-corrected chi connectivity index (χ0v) is 21.0. The van der Waals surface area contributed by atoms with Gasteiger partial charge in [0.1, 0.15) is 11.3 Å². The Morgan fingerprint density at radius 3 is 2.40 bits per heavy atom. The number of rotatable bonds is 5. The first-order chi connectivity index (χ1) is 17.0. The highest BCUT2D eigenvalue weighted by Gasteiger charge is 2.52. The van der Waals surface area contributed by atoms with Crippen molar-refractivity contribution in [2.45, 2.75) is 82.6 Å². The smallest absolute Gasteiger partial charge is 0.247 e. The van der Waals surface area contributed by atoms with Gasteiger partial charge in [-0.2, -0.15) is 0 Å². The van der Waals surface area contributed by atoms with Crippen molar-refractivity contribution in [2.24, 2.45) is 0 Å². The van der Waals surface area contributed by atoms with E-state index in [1.54, 1.807) is 7.11 Å². The second-order valence-electron chi connectivity index (χ2n) is 10.6. The average Bonchev–Trinajstić information content (AvgIpc) is 3.14. The van der Waals surface area contributed by atoms with E-state index in [2.05, 4.69) is 28.4 Å². The van der Waals surface area contributed by atoms with Gasteiger partial charge >= 0.3 is 0 Å². The molecule has 2 heterocycles. The Hall–Kier alpha value is -2.86. The predicted molar refractivity (Wildman–Crippen MR) is 136 cm³/mol. The quantitative estimate of drug-likeness (QED) is 0.663. The van der Waals surface area contributed by atoms with Crippen molar-refractivity contribution in [1.82, 2.24) is 15.1 Å².